The highest BCUT2D eigenvalue weighted by atomic mass is 16.4. The van der Waals surface area contributed by atoms with Crippen LogP contribution in [0.15, 0.2) is 12.2 Å². The van der Waals surface area contributed by atoms with Gasteiger partial charge < -0.3 is 5.11 Å². The lowest BCUT2D eigenvalue weighted by Gasteiger charge is -2.32. The van der Waals surface area contributed by atoms with Crippen LogP contribution in [0.25, 0.3) is 0 Å². The van der Waals surface area contributed by atoms with Crippen molar-refractivity contribution in [2.75, 3.05) is 6.54 Å². The van der Waals surface area contributed by atoms with E-state index in [1.165, 1.54) is 17.1 Å². The van der Waals surface area contributed by atoms with Crippen LogP contribution in [0, 0.1) is 11.8 Å². The zero-order valence-electron chi connectivity index (χ0n) is 13.7. The van der Waals surface area contributed by atoms with Gasteiger partial charge in [0, 0.05) is 37.1 Å². The summed E-state index contributed by atoms with van der Waals surface area (Å²) in [5.41, 5.74) is 0. The molecule has 25 heavy (non-hydrogen) atoms. The van der Waals surface area contributed by atoms with E-state index >= 15 is 0 Å². The number of imide groups is 2. The smallest absolute Gasteiger partial charge is 0.306 e. The van der Waals surface area contributed by atoms with Gasteiger partial charge >= 0.3 is 5.97 Å². The van der Waals surface area contributed by atoms with Crippen molar-refractivity contribution in [2.45, 2.75) is 44.6 Å². The van der Waals surface area contributed by atoms with Gasteiger partial charge in [-0.15, -0.1) is 0 Å². The first-order valence-electron chi connectivity index (χ1n) is 8.50. The lowest BCUT2D eigenvalue weighted by atomic mass is 9.85. The predicted octanol–water partition coefficient (Wildman–Crippen LogP) is 0.320. The van der Waals surface area contributed by atoms with E-state index in [4.69, 9.17) is 5.11 Å². The Morgan fingerprint density at radius 3 is 2.20 bits per heavy atom. The SMILES string of the molecule is O=C(O)C1CCC(N2C(=O)CC(CCN3C(=O)C=CC3=O)C2=O)CC1. The summed E-state index contributed by atoms with van der Waals surface area (Å²) < 4.78 is 0. The molecule has 1 saturated carbocycles. The molecule has 134 valence electrons. The van der Waals surface area contributed by atoms with Crippen LogP contribution >= 0.6 is 0 Å². The fraction of sp³-hybridized carbons (Fsp3) is 0.588. The predicted molar refractivity (Wildman–Crippen MR) is 83.8 cm³/mol. The van der Waals surface area contributed by atoms with Gasteiger partial charge in [0.05, 0.1) is 5.92 Å². The van der Waals surface area contributed by atoms with Crippen LogP contribution in [-0.4, -0.2) is 57.1 Å². The highest BCUT2D eigenvalue weighted by Gasteiger charge is 2.43. The molecule has 8 nitrogen and oxygen atoms in total. The molecule has 3 rings (SSSR count). The number of carbonyl (C=O) groups excluding carboxylic acids is 4. The summed E-state index contributed by atoms with van der Waals surface area (Å²) in [5, 5.41) is 9.04. The fourth-order valence-electron chi connectivity index (χ4n) is 3.84. The van der Waals surface area contributed by atoms with Crippen LogP contribution < -0.4 is 0 Å². The van der Waals surface area contributed by atoms with Crippen molar-refractivity contribution in [3.05, 3.63) is 12.2 Å². The maximum absolute atomic E-state index is 12.6. The number of aliphatic carboxylic acids is 1. The quantitative estimate of drug-likeness (QED) is 0.716. The molecule has 3 aliphatic rings. The van der Waals surface area contributed by atoms with Crippen molar-refractivity contribution in [3.8, 4) is 0 Å². The Morgan fingerprint density at radius 1 is 1.04 bits per heavy atom. The number of carboxylic acids is 1. The standard InChI is InChI=1S/C17H20N2O6/c20-13-5-6-14(21)18(13)8-7-11-9-15(22)19(16(11)23)12-3-1-10(2-4-12)17(24)25/h5-6,10-12H,1-4,7-9H2,(H,24,25). The number of carboxylic acid groups (broad SMARTS) is 1. The lowest BCUT2D eigenvalue weighted by molar-refractivity contribution is -0.146. The van der Waals surface area contributed by atoms with Gasteiger partial charge in [-0.25, -0.2) is 0 Å². The van der Waals surface area contributed by atoms with Gasteiger partial charge in [0.25, 0.3) is 11.8 Å². The molecule has 0 bridgehead atoms. The van der Waals surface area contributed by atoms with E-state index in [1.54, 1.807) is 0 Å². The van der Waals surface area contributed by atoms with Crippen LogP contribution in [0.1, 0.15) is 38.5 Å². The molecule has 1 atom stereocenters. The van der Waals surface area contributed by atoms with E-state index < -0.39 is 29.6 Å². The van der Waals surface area contributed by atoms with Gasteiger partial charge in [-0.1, -0.05) is 0 Å². The van der Waals surface area contributed by atoms with Gasteiger partial charge in [-0.2, -0.15) is 0 Å². The molecule has 1 aliphatic carbocycles. The molecule has 1 unspecified atom stereocenters. The van der Waals surface area contributed by atoms with Gasteiger partial charge in [-0.3, -0.25) is 33.8 Å². The van der Waals surface area contributed by atoms with Gasteiger partial charge in [-0.05, 0) is 32.1 Å². The Labute approximate surface area is 144 Å². The minimum atomic E-state index is -0.830. The second-order valence-corrected chi connectivity index (χ2v) is 6.80. The van der Waals surface area contributed by atoms with E-state index in [0.29, 0.717) is 25.7 Å². The lowest BCUT2D eigenvalue weighted by Crippen LogP contribution is -2.43. The van der Waals surface area contributed by atoms with Crippen LogP contribution in [0.4, 0.5) is 0 Å². The van der Waals surface area contributed by atoms with E-state index in [-0.39, 0.29) is 37.2 Å². The molecular weight excluding hydrogens is 328 g/mol. The summed E-state index contributed by atoms with van der Waals surface area (Å²) in [5.74, 6) is -3.06. The normalized spacial score (nSPS) is 29.8. The average molecular weight is 348 g/mol. The highest BCUT2D eigenvalue weighted by molar-refractivity contribution is 6.13. The Morgan fingerprint density at radius 2 is 1.64 bits per heavy atom. The minimum Gasteiger partial charge on any atom is -0.481 e. The van der Waals surface area contributed by atoms with Gasteiger partial charge in [0.2, 0.25) is 11.8 Å². The van der Waals surface area contributed by atoms with E-state index in [0.717, 1.165) is 4.90 Å². The van der Waals surface area contributed by atoms with Gasteiger partial charge in [0.15, 0.2) is 0 Å². The Hall–Kier alpha value is -2.51. The second kappa shape index (κ2) is 6.78. The molecule has 2 aliphatic heterocycles. The summed E-state index contributed by atoms with van der Waals surface area (Å²) in [6.45, 7) is 0.119. The molecule has 0 spiro atoms. The summed E-state index contributed by atoms with van der Waals surface area (Å²) in [6.07, 6.45) is 4.68. The molecule has 1 saturated heterocycles. The first-order chi connectivity index (χ1) is 11.9. The molecule has 0 aromatic heterocycles. The number of carbonyl (C=O) groups is 5. The number of hydrogen-bond donors (Lipinski definition) is 1. The molecule has 1 N–H and O–H groups in total. The first-order valence-corrected chi connectivity index (χ1v) is 8.50. The summed E-state index contributed by atoms with van der Waals surface area (Å²) in [6, 6.07) is -0.239. The molecule has 2 heterocycles. The third kappa shape index (κ3) is 3.33. The topological polar surface area (TPSA) is 112 Å². The molecule has 0 radical (unpaired) electrons. The number of hydrogen-bond acceptors (Lipinski definition) is 5. The van der Waals surface area contributed by atoms with Crippen LogP contribution in [0.5, 0.6) is 0 Å². The Bertz CT molecular complexity index is 644. The average Bonchev–Trinajstić information content (AvgIpc) is 3.04. The summed E-state index contributed by atoms with van der Waals surface area (Å²) >= 11 is 0. The van der Waals surface area contributed by atoms with E-state index in [9.17, 15) is 24.0 Å². The molecule has 0 aromatic carbocycles. The maximum Gasteiger partial charge on any atom is 0.306 e. The number of likely N-dealkylation sites (tertiary alicyclic amines) is 1. The monoisotopic (exact) mass is 348 g/mol. The largest absolute Gasteiger partial charge is 0.481 e. The van der Waals surface area contributed by atoms with E-state index in [2.05, 4.69) is 0 Å². The van der Waals surface area contributed by atoms with Crippen molar-refractivity contribution in [3.63, 3.8) is 0 Å². The van der Waals surface area contributed by atoms with Crippen molar-refractivity contribution in [2.24, 2.45) is 11.8 Å². The summed E-state index contributed by atoms with van der Waals surface area (Å²) in [7, 11) is 0. The molecular formula is C17H20N2O6. The van der Waals surface area contributed by atoms with Gasteiger partial charge in [0.1, 0.15) is 0 Å². The van der Waals surface area contributed by atoms with Crippen molar-refractivity contribution in [1.82, 2.24) is 9.80 Å². The molecule has 2 fully saturated rings. The zero-order valence-corrected chi connectivity index (χ0v) is 13.7. The van der Waals surface area contributed by atoms with Crippen molar-refractivity contribution < 1.29 is 29.1 Å². The fourth-order valence-corrected chi connectivity index (χ4v) is 3.84. The molecule has 0 aromatic rings. The van der Waals surface area contributed by atoms with Crippen molar-refractivity contribution in [1.29, 1.82) is 0 Å². The van der Waals surface area contributed by atoms with Crippen LogP contribution in [0.3, 0.4) is 0 Å². The highest BCUT2D eigenvalue weighted by Crippen LogP contribution is 2.33. The number of amides is 4. The molecule has 8 heteroatoms. The Balaban J connectivity index is 1.56. The minimum absolute atomic E-state index is 0.0847. The number of nitrogens with zero attached hydrogens (tertiary/aromatic N) is 2. The third-order valence-electron chi connectivity index (χ3n) is 5.29. The number of rotatable bonds is 5. The van der Waals surface area contributed by atoms with Crippen LogP contribution in [0.2, 0.25) is 0 Å². The summed E-state index contributed by atoms with van der Waals surface area (Å²) in [4.78, 5) is 61.3. The maximum atomic E-state index is 12.6. The first kappa shape index (κ1) is 17.3. The second-order valence-electron chi connectivity index (χ2n) is 6.80. The Kier molecular flexibility index (Phi) is 4.69. The third-order valence-corrected chi connectivity index (χ3v) is 5.29. The van der Waals surface area contributed by atoms with Crippen molar-refractivity contribution >= 4 is 29.6 Å². The van der Waals surface area contributed by atoms with E-state index in [1.807, 2.05) is 0 Å². The molecule has 4 amide bonds. The zero-order chi connectivity index (χ0) is 18.1. The van der Waals surface area contributed by atoms with Crippen LogP contribution in [-0.2, 0) is 24.0 Å².